The summed E-state index contributed by atoms with van der Waals surface area (Å²) in [5.74, 6) is 2.66. The number of fused-ring (bicyclic) bond motifs is 3. The second-order valence-corrected chi connectivity index (χ2v) is 7.55. The Labute approximate surface area is 138 Å². The molecule has 0 radical (unpaired) electrons. The van der Waals surface area contributed by atoms with Crippen molar-refractivity contribution in [3.05, 3.63) is 48.0 Å². The first kappa shape index (κ1) is 14.7. The standard InChI is InChI=1S/C21H25NO/c1-14(20-12-15-7-9-19(20)11-15)22-21(23)13-16-6-8-17-4-2-3-5-18(17)10-16/h2-6,8,10,14-15,19-20H,7,9,11-13H2,1H3,(H,22,23)/t14-,15-,19-,20+/m1/s1. The van der Waals surface area contributed by atoms with Crippen molar-refractivity contribution in [2.75, 3.05) is 0 Å². The molecule has 2 heteroatoms. The Balaban J connectivity index is 1.39. The van der Waals surface area contributed by atoms with E-state index in [0.717, 1.165) is 17.4 Å². The van der Waals surface area contributed by atoms with Gasteiger partial charge < -0.3 is 5.32 Å². The average Bonchev–Trinajstić information content (AvgIpc) is 3.17. The normalized spacial score (nSPS) is 27.3. The Kier molecular flexibility index (Phi) is 3.84. The molecule has 0 unspecified atom stereocenters. The van der Waals surface area contributed by atoms with Crippen molar-refractivity contribution in [1.82, 2.24) is 5.32 Å². The number of benzene rings is 2. The van der Waals surface area contributed by atoms with Crippen molar-refractivity contribution in [2.45, 2.75) is 45.1 Å². The first-order valence-electron chi connectivity index (χ1n) is 8.96. The van der Waals surface area contributed by atoms with E-state index >= 15 is 0 Å². The fourth-order valence-electron chi connectivity index (χ4n) is 4.85. The van der Waals surface area contributed by atoms with Crippen LogP contribution in [-0.2, 0) is 11.2 Å². The zero-order valence-electron chi connectivity index (χ0n) is 13.8. The summed E-state index contributed by atoms with van der Waals surface area (Å²) in [4.78, 5) is 12.4. The summed E-state index contributed by atoms with van der Waals surface area (Å²) in [6, 6.07) is 14.9. The van der Waals surface area contributed by atoms with Gasteiger partial charge in [0, 0.05) is 6.04 Å². The predicted octanol–water partition coefficient (Wildman–Crippen LogP) is 4.32. The topological polar surface area (TPSA) is 29.1 Å². The summed E-state index contributed by atoms with van der Waals surface area (Å²) in [5.41, 5.74) is 1.10. The summed E-state index contributed by atoms with van der Waals surface area (Å²) >= 11 is 0. The third kappa shape index (κ3) is 2.99. The average molecular weight is 307 g/mol. The SMILES string of the molecule is C[C@@H](NC(=O)Cc1ccc2ccccc2c1)[C@@H]1C[C@@H]2CC[C@@H]1C2. The van der Waals surface area contributed by atoms with Gasteiger partial charge >= 0.3 is 0 Å². The maximum atomic E-state index is 12.4. The van der Waals surface area contributed by atoms with Crippen LogP contribution in [0.25, 0.3) is 10.8 Å². The Morgan fingerprint density at radius 1 is 1.13 bits per heavy atom. The van der Waals surface area contributed by atoms with E-state index in [9.17, 15) is 4.79 Å². The van der Waals surface area contributed by atoms with Crippen LogP contribution in [-0.4, -0.2) is 11.9 Å². The van der Waals surface area contributed by atoms with E-state index in [4.69, 9.17) is 0 Å². The molecule has 1 amide bonds. The fourth-order valence-corrected chi connectivity index (χ4v) is 4.85. The first-order valence-corrected chi connectivity index (χ1v) is 8.96. The number of rotatable bonds is 4. The van der Waals surface area contributed by atoms with E-state index in [0.29, 0.717) is 18.4 Å². The van der Waals surface area contributed by atoms with Crippen molar-refractivity contribution >= 4 is 16.7 Å². The van der Waals surface area contributed by atoms with Crippen LogP contribution in [0.4, 0.5) is 0 Å². The van der Waals surface area contributed by atoms with E-state index in [1.807, 2.05) is 12.1 Å². The van der Waals surface area contributed by atoms with Gasteiger partial charge in [0.15, 0.2) is 0 Å². The lowest BCUT2D eigenvalue weighted by atomic mass is 9.84. The van der Waals surface area contributed by atoms with Gasteiger partial charge in [0.1, 0.15) is 0 Å². The summed E-state index contributed by atoms with van der Waals surface area (Å²) in [6.45, 7) is 2.20. The molecule has 2 nitrogen and oxygen atoms in total. The Morgan fingerprint density at radius 2 is 1.96 bits per heavy atom. The van der Waals surface area contributed by atoms with Crippen molar-refractivity contribution in [2.24, 2.45) is 17.8 Å². The molecule has 1 N–H and O–H groups in total. The highest BCUT2D eigenvalue weighted by atomic mass is 16.1. The lowest BCUT2D eigenvalue weighted by Gasteiger charge is -2.28. The van der Waals surface area contributed by atoms with Gasteiger partial charge in [-0.15, -0.1) is 0 Å². The molecule has 0 aromatic heterocycles. The maximum absolute atomic E-state index is 12.4. The smallest absolute Gasteiger partial charge is 0.224 e. The van der Waals surface area contributed by atoms with Crippen LogP contribution in [0, 0.1) is 17.8 Å². The van der Waals surface area contributed by atoms with E-state index in [-0.39, 0.29) is 5.91 Å². The number of carbonyl (C=O) groups is 1. The van der Waals surface area contributed by atoms with Gasteiger partial charge in [0.25, 0.3) is 0 Å². The molecule has 0 aliphatic heterocycles. The van der Waals surface area contributed by atoms with Crippen LogP contribution >= 0.6 is 0 Å². The molecule has 2 aromatic rings. The van der Waals surface area contributed by atoms with Crippen molar-refractivity contribution < 1.29 is 4.79 Å². The maximum Gasteiger partial charge on any atom is 0.224 e. The zero-order chi connectivity index (χ0) is 15.8. The minimum absolute atomic E-state index is 0.163. The van der Waals surface area contributed by atoms with E-state index < -0.39 is 0 Å². The van der Waals surface area contributed by atoms with Crippen molar-refractivity contribution in [3.63, 3.8) is 0 Å². The van der Waals surface area contributed by atoms with Crippen LogP contribution in [0.3, 0.4) is 0 Å². The van der Waals surface area contributed by atoms with Gasteiger partial charge in [0.2, 0.25) is 5.91 Å². The van der Waals surface area contributed by atoms with Crippen LogP contribution in [0.2, 0.25) is 0 Å². The third-order valence-electron chi connectivity index (χ3n) is 6.00. The van der Waals surface area contributed by atoms with Crippen LogP contribution in [0.5, 0.6) is 0 Å². The van der Waals surface area contributed by atoms with Crippen molar-refractivity contribution in [1.29, 1.82) is 0 Å². The van der Waals surface area contributed by atoms with E-state index in [1.165, 1.54) is 36.5 Å². The Morgan fingerprint density at radius 3 is 2.70 bits per heavy atom. The van der Waals surface area contributed by atoms with E-state index in [1.54, 1.807) is 0 Å². The molecule has 2 aromatic carbocycles. The Hall–Kier alpha value is -1.83. The minimum Gasteiger partial charge on any atom is -0.353 e. The number of amides is 1. The molecule has 2 bridgehead atoms. The van der Waals surface area contributed by atoms with Gasteiger partial charge in [0.05, 0.1) is 6.42 Å². The molecule has 4 rings (SSSR count). The fraction of sp³-hybridized carbons (Fsp3) is 0.476. The molecular formula is C21H25NO. The quantitative estimate of drug-likeness (QED) is 0.895. The van der Waals surface area contributed by atoms with Gasteiger partial charge in [-0.25, -0.2) is 0 Å². The molecule has 2 aliphatic rings. The molecule has 0 spiro atoms. The highest BCUT2D eigenvalue weighted by molar-refractivity contribution is 5.85. The molecule has 120 valence electrons. The van der Waals surface area contributed by atoms with Crippen LogP contribution in [0.1, 0.15) is 38.2 Å². The minimum atomic E-state index is 0.163. The molecule has 2 fully saturated rings. The number of nitrogens with one attached hydrogen (secondary N) is 1. The highest BCUT2D eigenvalue weighted by Crippen LogP contribution is 2.49. The second kappa shape index (κ2) is 5.99. The molecule has 2 aliphatic carbocycles. The Bertz CT molecular complexity index is 723. The zero-order valence-corrected chi connectivity index (χ0v) is 13.8. The molecular weight excluding hydrogens is 282 g/mol. The summed E-state index contributed by atoms with van der Waals surface area (Å²) in [5, 5.41) is 5.70. The molecule has 23 heavy (non-hydrogen) atoms. The summed E-state index contributed by atoms with van der Waals surface area (Å²) < 4.78 is 0. The third-order valence-corrected chi connectivity index (χ3v) is 6.00. The summed E-state index contributed by atoms with van der Waals surface area (Å²) in [6.07, 6.45) is 5.99. The van der Waals surface area contributed by atoms with Crippen LogP contribution in [0.15, 0.2) is 42.5 Å². The van der Waals surface area contributed by atoms with Gasteiger partial charge in [-0.3, -0.25) is 4.79 Å². The number of hydrogen-bond acceptors (Lipinski definition) is 1. The predicted molar refractivity (Wildman–Crippen MR) is 94.2 cm³/mol. The van der Waals surface area contributed by atoms with E-state index in [2.05, 4.69) is 42.6 Å². The number of hydrogen-bond donors (Lipinski definition) is 1. The van der Waals surface area contributed by atoms with Crippen LogP contribution < -0.4 is 5.32 Å². The van der Waals surface area contributed by atoms with Gasteiger partial charge in [-0.05, 0) is 60.3 Å². The lowest BCUT2D eigenvalue weighted by Crippen LogP contribution is -2.40. The molecule has 0 saturated heterocycles. The number of carbonyl (C=O) groups excluding carboxylic acids is 1. The second-order valence-electron chi connectivity index (χ2n) is 7.55. The monoisotopic (exact) mass is 307 g/mol. The van der Waals surface area contributed by atoms with Gasteiger partial charge in [-0.2, -0.15) is 0 Å². The summed E-state index contributed by atoms with van der Waals surface area (Å²) in [7, 11) is 0. The van der Waals surface area contributed by atoms with Crippen molar-refractivity contribution in [3.8, 4) is 0 Å². The molecule has 4 atom stereocenters. The molecule has 2 saturated carbocycles. The largest absolute Gasteiger partial charge is 0.353 e. The first-order chi connectivity index (χ1) is 11.2. The molecule has 0 heterocycles. The highest BCUT2D eigenvalue weighted by Gasteiger charge is 2.42. The lowest BCUT2D eigenvalue weighted by molar-refractivity contribution is -0.121. The van der Waals surface area contributed by atoms with Gasteiger partial charge in [-0.1, -0.05) is 48.9 Å².